The number of nitrogens with one attached hydrogen (secondary N) is 1. The summed E-state index contributed by atoms with van der Waals surface area (Å²) in [6.07, 6.45) is -0.275. The maximum atomic E-state index is 9.64. The molecule has 2 N–H and O–H groups in total. The normalized spacial score (nSPS) is 13.0. The Hall–Kier alpha value is -0.900. The van der Waals surface area contributed by atoms with Crippen LogP contribution in [0, 0.1) is 5.92 Å². The van der Waals surface area contributed by atoms with E-state index in [4.69, 9.17) is 4.74 Å². The molecule has 1 aromatic carbocycles. The quantitative estimate of drug-likeness (QED) is 0.761. The number of hydrogen-bond acceptors (Lipinski definition) is 3. The van der Waals surface area contributed by atoms with Crippen LogP contribution >= 0.6 is 0 Å². The average Bonchev–Trinajstić information content (AvgIpc) is 2.31. The van der Waals surface area contributed by atoms with Crippen molar-refractivity contribution in [2.45, 2.75) is 33.1 Å². The van der Waals surface area contributed by atoms with Crippen LogP contribution in [0.4, 0.5) is 0 Å². The van der Waals surface area contributed by atoms with Crippen LogP contribution < -0.4 is 5.32 Å². The van der Waals surface area contributed by atoms with Gasteiger partial charge in [-0.25, -0.2) is 0 Å². The second-order valence-electron chi connectivity index (χ2n) is 4.69. The smallest absolute Gasteiger partial charge is 0.0713 e. The molecule has 0 aliphatic heterocycles. The Morgan fingerprint density at radius 3 is 2.29 bits per heavy atom. The van der Waals surface area contributed by atoms with Gasteiger partial charge in [-0.1, -0.05) is 38.1 Å². The standard InChI is InChI=1S/C14H23NO2/c1-11(2)14(16)9-15-8-12-4-6-13(7-5-12)10-17-3/h4-7,11,14-16H,8-10H2,1-3H3. The molecule has 1 unspecified atom stereocenters. The van der Waals surface area contributed by atoms with Crippen molar-refractivity contribution in [3.63, 3.8) is 0 Å². The number of rotatable bonds is 7. The highest BCUT2D eigenvalue weighted by atomic mass is 16.5. The number of methoxy groups -OCH3 is 1. The molecule has 0 amide bonds. The summed E-state index contributed by atoms with van der Waals surface area (Å²) in [6, 6.07) is 8.31. The Morgan fingerprint density at radius 1 is 1.18 bits per heavy atom. The number of benzene rings is 1. The molecule has 1 atom stereocenters. The van der Waals surface area contributed by atoms with E-state index in [1.54, 1.807) is 7.11 Å². The molecule has 96 valence electrons. The van der Waals surface area contributed by atoms with Crippen molar-refractivity contribution in [2.75, 3.05) is 13.7 Å². The minimum absolute atomic E-state index is 0.275. The lowest BCUT2D eigenvalue weighted by Crippen LogP contribution is -2.30. The largest absolute Gasteiger partial charge is 0.392 e. The minimum Gasteiger partial charge on any atom is -0.392 e. The molecule has 0 saturated carbocycles. The molecule has 0 aliphatic rings. The predicted octanol–water partition coefficient (Wildman–Crippen LogP) is 1.94. The first kappa shape index (κ1) is 14.2. The van der Waals surface area contributed by atoms with Crippen LogP contribution in [0.5, 0.6) is 0 Å². The Balaban J connectivity index is 2.32. The van der Waals surface area contributed by atoms with Gasteiger partial charge in [-0.05, 0) is 17.0 Å². The van der Waals surface area contributed by atoms with Gasteiger partial charge in [0.1, 0.15) is 0 Å². The van der Waals surface area contributed by atoms with Gasteiger partial charge in [0.25, 0.3) is 0 Å². The zero-order valence-electron chi connectivity index (χ0n) is 10.9. The van der Waals surface area contributed by atoms with Crippen molar-refractivity contribution in [3.05, 3.63) is 35.4 Å². The Labute approximate surface area is 104 Å². The number of hydrogen-bond donors (Lipinski definition) is 2. The fourth-order valence-electron chi connectivity index (χ4n) is 1.52. The molecule has 1 rings (SSSR count). The Morgan fingerprint density at radius 2 is 1.76 bits per heavy atom. The summed E-state index contributed by atoms with van der Waals surface area (Å²) in [5.41, 5.74) is 2.40. The minimum atomic E-state index is -0.275. The SMILES string of the molecule is COCc1ccc(CNCC(O)C(C)C)cc1. The lowest BCUT2D eigenvalue weighted by atomic mass is 10.1. The lowest BCUT2D eigenvalue weighted by Gasteiger charge is -2.15. The van der Waals surface area contributed by atoms with Crippen molar-refractivity contribution < 1.29 is 9.84 Å². The third kappa shape index (κ3) is 5.31. The molecular formula is C14H23NO2. The zero-order valence-corrected chi connectivity index (χ0v) is 10.9. The van der Waals surface area contributed by atoms with E-state index in [1.165, 1.54) is 11.1 Å². The molecule has 17 heavy (non-hydrogen) atoms. The van der Waals surface area contributed by atoms with E-state index in [9.17, 15) is 5.11 Å². The molecule has 0 bridgehead atoms. The third-order valence-electron chi connectivity index (χ3n) is 2.79. The van der Waals surface area contributed by atoms with Crippen molar-refractivity contribution in [3.8, 4) is 0 Å². The number of aliphatic hydroxyl groups excluding tert-OH is 1. The lowest BCUT2D eigenvalue weighted by molar-refractivity contribution is 0.123. The summed E-state index contributed by atoms with van der Waals surface area (Å²) in [5, 5.41) is 12.9. The van der Waals surface area contributed by atoms with E-state index >= 15 is 0 Å². The molecular weight excluding hydrogens is 214 g/mol. The summed E-state index contributed by atoms with van der Waals surface area (Å²) in [7, 11) is 1.70. The van der Waals surface area contributed by atoms with E-state index in [-0.39, 0.29) is 6.10 Å². The van der Waals surface area contributed by atoms with Gasteiger partial charge in [-0.3, -0.25) is 0 Å². The highest BCUT2D eigenvalue weighted by Gasteiger charge is 2.07. The predicted molar refractivity (Wildman–Crippen MR) is 69.7 cm³/mol. The van der Waals surface area contributed by atoms with Crippen LogP contribution in [0.1, 0.15) is 25.0 Å². The summed E-state index contributed by atoms with van der Waals surface area (Å²) in [5.74, 6) is 0.298. The maximum absolute atomic E-state index is 9.64. The zero-order chi connectivity index (χ0) is 12.7. The Kier molecular flexibility index (Phi) is 6.19. The van der Waals surface area contributed by atoms with Gasteiger partial charge in [0.2, 0.25) is 0 Å². The summed E-state index contributed by atoms with van der Waals surface area (Å²) in [6.45, 7) is 6.12. The highest BCUT2D eigenvalue weighted by molar-refractivity contribution is 5.21. The first-order valence-electron chi connectivity index (χ1n) is 6.09. The van der Waals surface area contributed by atoms with Crippen LogP contribution in [0.15, 0.2) is 24.3 Å². The van der Waals surface area contributed by atoms with Crippen molar-refractivity contribution in [1.82, 2.24) is 5.32 Å². The van der Waals surface area contributed by atoms with E-state index in [1.807, 2.05) is 13.8 Å². The molecule has 1 aromatic rings. The fourth-order valence-corrected chi connectivity index (χ4v) is 1.52. The van der Waals surface area contributed by atoms with Crippen molar-refractivity contribution in [2.24, 2.45) is 5.92 Å². The van der Waals surface area contributed by atoms with E-state index in [0.717, 1.165) is 6.54 Å². The van der Waals surface area contributed by atoms with Gasteiger partial charge >= 0.3 is 0 Å². The van der Waals surface area contributed by atoms with Crippen LogP contribution in [-0.2, 0) is 17.9 Å². The third-order valence-corrected chi connectivity index (χ3v) is 2.79. The first-order chi connectivity index (χ1) is 8.13. The number of ether oxygens (including phenoxy) is 1. The van der Waals surface area contributed by atoms with Gasteiger partial charge in [-0.2, -0.15) is 0 Å². The monoisotopic (exact) mass is 237 g/mol. The highest BCUT2D eigenvalue weighted by Crippen LogP contribution is 2.05. The van der Waals surface area contributed by atoms with Crippen molar-refractivity contribution >= 4 is 0 Å². The maximum Gasteiger partial charge on any atom is 0.0713 e. The van der Waals surface area contributed by atoms with Gasteiger partial charge in [0.05, 0.1) is 12.7 Å². The molecule has 0 radical (unpaired) electrons. The summed E-state index contributed by atoms with van der Waals surface area (Å²) >= 11 is 0. The molecule has 0 aromatic heterocycles. The molecule has 0 heterocycles. The Bertz CT molecular complexity index is 309. The van der Waals surface area contributed by atoms with Gasteiger partial charge in [0, 0.05) is 20.2 Å². The van der Waals surface area contributed by atoms with Gasteiger partial charge < -0.3 is 15.2 Å². The molecule has 0 fully saturated rings. The van der Waals surface area contributed by atoms with Crippen LogP contribution in [0.2, 0.25) is 0 Å². The van der Waals surface area contributed by atoms with E-state index in [0.29, 0.717) is 19.1 Å². The number of aliphatic hydroxyl groups is 1. The molecule has 0 saturated heterocycles. The van der Waals surface area contributed by atoms with E-state index < -0.39 is 0 Å². The van der Waals surface area contributed by atoms with E-state index in [2.05, 4.69) is 29.6 Å². The fraction of sp³-hybridized carbons (Fsp3) is 0.571. The molecule has 3 heteroatoms. The summed E-state index contributed by atoms with van der Waals surface area (Å²) < 4.78 is 5.06. The van der Waals surface area contributed by atoms with Crippen LogP contribution in [-0.4, -0.2) is 24.9 Å². The second kappa shape index (κ2) is 7.43. The molecule has 3 nitrogen and oxygen atoms in total. The average molecular weight is 237 g/mol. The van der Waals surface area contributed by atoms with Gasteiger partial charge in [0.15, 0.2) is 0 Å². The van der Waals surface area contributed by atoms with Crippen LogP contribution in [0.3, 0.4) is 0 Å². The van der Waals surface area contributed by atoms with Crippen LogP contribution in [0.25, 0.3) is 0 Å². The molecule has 0 aliphatic carbocycles. The topological polar surface area (TPSA) is 41.5 Å². The first-order valence-corrected chi connectivity index (χ1v) is 6.09. The second-order valence-corrected chi connectivity index (χ2v) is 4.69. The summed E-state index contributed by atoms with van der Waals surface area (Å²) in [4.78, 5) is 0. The van der Waals surface area contributed by atoms with Crippen molar-refractivity contribution in [1.29, 1.82) is 0 Å². The van der Waals surface area contributed by atoms with Gasteiger partial charge in [-0.15, -0.1) is 0 Å². The molecule has 0 spiro atoms.